The summed E-state index contributed by atoms with van der Waals surface area (Å²) in [5, 5.41) is 8.36. The molecule has 0 bridgehead atoms. The van der Waals surface area contributed by atoms with Crippen LogP contribution in [0.4, 0.5) is 18.9 Å². The Morgan fingerprint density at radius 1 is 1.21 bits per heavy atom. The van der Waals surface area contributed by atoms with Gasteiger partial charge < -0.3 is 10.6 Å². The lowest BCUT2D eigenvalue weighted by atomic mass is 10.0. The van der Waals surface area contributed by atoms with Gasteiger partial charge in [-0.15, -0.1) is 11.8 Å². The van der Waals surface area contributed by atoms with Gasteiger partial charge in [0.2, 0.25) is 11.8 Å². The molecule has 0 spiro atoms. The number of carbonyl (C=O) groups is 2. The monoisotopic (exact) mass is 443 g/mol. The zero-order valence-corrected chi connectivity index (χ0v) is 16.5. The van der Waals surface area contributed by atoms with Crippen molar-refractivity contribution >= 4 is 40.9 Å². The SMILES string of the molecule is O=C(CSC1NC(=O)CC(c2ccccc2)N1)Nc1cc(C(F)(F)F)ccc1Cl. The molecule has 1 heterocycles. The minimum Gasteiger partial charge on any atom is -0.332 e. The van der Waals surface area contributed by atoms with Crippen LogP contribution in [0.1, 0.15) is 23.6 Å². The van der Waals surface area contributed by atoms with Crippen LogP contribution in [0.15, 0.2) is 48.5 Å². The lowest BCUT2D eigenvalue weighted by Gasteiger charge is -2.31. The van der Waals surface area contributed by atoms with E-state index in [4.69, 9.17) is 11.6 Å². The van der Waals surface area contributed by atoms with Crippen molar-refractivity contribution < 1.29 is 22.8 Å². The molecule has 0 saturated carbocycles. The van der Waals surface area contributed by atoms with Crippen molar-refractivity contribution in [2.45, 2.75) is 24.1 Å². The van der Waals surface area contributed by atoms with Gasteiger partial charge in [0, 0.05) is 12.5 Å². The predicted molar refractivity (Wildman–Crippen MR) is 106 cm³/mol. The van der Waals surface area contributed by atoms with E-state index in [2.05, 4.69) is 16.0 Å². The van der Waals surface area contributed by atoms with E-state index >= 15 is 0 Å². The van der Waals surface area contributed by atoms with Crippen LogP contribution < -0.4 is 16.0 Å². The maximum absolute atomic E-state index is 12.8. The normalized spacial score (nSPS) is 19.5. The molecule has 2 aromatic carbocycles. The van der Waals surface area contributed by atoms with Crippen LogP contribution in [0.2, 0.25) is 5.02 Å². The lowest BCUT2D eigenvalue weighted by Crippen LogP contribution is -2.51. The summed E-state index contributed by atoms with van der Waals surface area (Å²) in [5.41, 5.74) is -0.580. The molecule has 2 unspecified atom stereocenters. The first-order valence-electron chi connectivity index (χ1n) is 8.61. The standard InChI is InChI=1S/C19H17ClF3N3O2S/c20-13-7-6-12(19(21,22)23)8-15(13)24-17(28)10-29-18-25-14(9-16(27)26-18)11-4-2-1-3-5-11/h1-8,14,18,25H,9-10H2,(H,24,28)(H,26,27). The number of benzene rings is 2. The van der Waals surface area contributed by atoms with Crippen LogP contribution in [-0.4, -0.2) is 23.1 Å². The molecule has 1 fully saturated rings. The van der Waals surface area contributed by atoms with Gasteiger partial charge in [-0.1, -0.05) is 41.9 Å². The second-order valence-electron chi connectivity index (χ2n) is 6.33. The van der Waals surface area contributed by atoms with Crippen LogP contribution in [0, 0.1) is 0 Å². The Bertz CT molecular complexity index is 896. The van der Waals surface area contributed by atoms with Gasteiger partial charge in [0.15, 0.2) is 0 Å². The molecule has 3 N–H and O–H groups in total. The number of anilines is 1. The topological polar surface area (TPSA) is 70.2 Å². The number of alkyl halides is 3. The lowest BCUT2D eigenvalue weighted by molar-refractivity contribution is -0.137. The van der Waals surface area contributed by atoms with Gasteiger partial charge in [-0.05, 0) is 23.8 Å². The largest absolute Gasteiger partial charge is 0.416 e. The number of hydrogen-bond acceptors (Lipinski definition) is 4. The Morgan fingerprint density at radius 2 is 1.93 bits per heavy atom. The number of rotatable bonds is 5. The van der Waals surface area contributed by atoms with Crippen LogP contribution in [-0.2, 0) is 15.8 Å². The maximum atomic E-state index is 12.8. The number of thioether (sulfide) groups is 1. The Labute approximate surface area is 174 Å². The molecule has 2 aromatic rings. The molecule has 2 atom stereocenters. The molecule has 1 aliphatic heterocycles. The van der Waals surface area contributed by atoms with Crippen LogP contribution in [0.5, 0.6) is 0 Å². The van der Waals surface area contributed by atoms with E-state index in [0.29, 0.717) is 0 Å². The van der Waals surface area contributed by atoms with Crippen molar-refractivity contribution in [1.82, 2.24) is 10.6 Å². The highest BCUT2D eigenvalue weighted by Crippen LogP contribution is 2.34. The average Bonchev–Trinajstić information content (AvgIpc) is 2.67. The quantitative estimate of drug-likeness (QED) is 0.649. The Hall–Kier alpha value is -2.23. The smallest absolute Gasteiger partial charge is 0.332 e. The van der Waals surface area contributed by atoms with Crippen LogP contribution >= 0.6 is 23.4 Å². The summed E-state index contributed by atoms with van der Waals surface area (Å²) in [7, 11) is 0. The molecule has 29 heavy (non-hydrogen) atoms. The van der Waals surface area contributed by atoms with Gasteiger partial charge in [-0.2, -0.15) is 13.2 Å². The fourth-order valence-electron chi connectivity index (χ4n) is 2.81. The molecule has 1 aliphatic rings. The molecule has 154 valence electrons. The van der Waals surface area contributed by atoms with E-state index in [1.165, 1.54) is 0 Å². The predicted octanol–water partition coefficient (Wildman–Crippen LogP) is 4.16. The third-order valence-electron chi connectivity index (χ3n) is 4.18. The van der Waals surface area contributed by atoms with Crippen LogP contribution in [0.3, 0.4) is 0 Å². The molecule has 0 aromatic heterocycles. The molecule has 5 nitrogen and oxygen atoms in total. The van der Waals surface area contributed by atoms with Crippen molar-refractivity contribution in [3.8, 4) is 0 Å². The first-order valence-corrected chi connectivity index (χ1v) is 10.0. The second kappa shape index (κ2) is 9.06. The van der Waals surface area contributed by atoms with E-state index in [9.17, 15) is 22.8 Å². The van der Waals surface area contributed by atoms with Crippen molar-refractivity contribution in [3.63, 3.8) is 0 Å². The Kier molecular flexibility index (Phi) is 6.71. The molecule has 2 amide bonds. The first kappa shape index (κ1) is 21.5. The Balaban J connectivity index is 1.58. The van der Waals surface area contributed by atoms with Gasteiger partial charge >= 0.3 is 6.18 Å². The molecular formula is C19H17ClF3N3O2S. The minimum atomic E-state index is -4.54. The minimum absolute atomic E-state index is 0.00425. The molecule has 0 aliphatic carbocycles. The zero-order valence-electron chi connectivity index (χ0n) is 14.9. The summed E-state index contributed by atoms with van der Waals surface area (Å²) in [6.07, 6.45) is -4.27. The fraction of sp³-hybridized carbons (Fsp3) is 0.263. The number of hydrogen-bond donors (Lipinski definition) is 3. The van der Waals surface area contributed by atoms with Crippen molar-refractivity contribution in [2.75, 3.05) is 11.1 Å². The second-order valence-corrected chi connectivity index (χ2v) is 7.83. The third-order valence-corrected chi connectivity index (χ3v) is 5.53. The van der Waals surface area contributed by atoms with E-state index in [1.54, 1.807) is 0 Å². The zero-order chi connectivity index (χ0) is 21.0. The molecule has 1 saturated heterocycles. The number of nitrogens with one attached hydrogen (secondary N) is 3. The van der Waals surface area contributed by atoms with E-state index in [0.717, 1.165) is 35.5 Å². The van der Waals surface area contributed by atoms with Crippen molar-refractivity contribution in [1.29, 1.82) is 0 Å². The van der Waals surface area contributed by atoms with E-state index in [-0.39, 0.29) is 34.8 Å². The summed E-state index contributed by atoms with van der Waals surface area (Å²) in [4.78, 5) is 24.2. The van der Waals surface area contributed by atoms with Gasteiger partial charge in [-0.25, -0.2) is 0 Å². The van der Waals surface area contributed by atoms with Gasteiger partial charge in [0.25, 0.3) is 0 Å². The van der Waals surface area contributed by atoms with Gasteiger partial charge in [0.05, 0.1) is 22.0 Å². The Morgan fingerprint density at radius 3 is 2.62 bits per heavy atom. The van der Waals surface area contributed by atoms with Crippen molar-refractivity contribution in [2.24, 2.45) is 0 Å². The highest BCUT2D eigenvalue weighted by molar-refractivity contribution is 8.00. The summed E-state index contributed by atoms with van der Waals surface area (Å²) in [6, 6.07) is 12.0. The van der Waals surface area contributed by atoms with E-state index < -0.39 is 23.1 Å². The van der Waals surface area contributed by atoms with Gasteiger partial charge in [0.1, 0.15) is 5.50 Å². The molecule has 0 radical (unpaired) electrons. The maximum Gasteiger partial charge on any atom is 0.416 e. The summed E-state index contributed by atoms with van der Waals surface area (Å²) < 4.78 is 38.5. The average molecular weight is 444 g/mol. The summed E-state index contributed by atoms with van der Waals surface area (Å²) in [6.45, 7) is 0. The van der Waals surface area contributed by atoms with Gasteiger partial charge in [-0.3, -0.25) is 14.9 Å². The highest BCUT2D eigenvalue weighted by atomic mass is 35.5. The molecule has 10 heteroatoms. The number of amides is 2. The highest BCUT2D eigenvalue weighted by Gasteiger charge is 2.31. The third kappa shape index (κ3) is 5.88. The number of halogens is 4. The summed E-state index contributed by atoms with van der Waals surface area (Å²) >= 11 is 7.01. The number of carbonyl (C=O) groups excluding carboxylic acids is 2. The summed E-state index contributed by atoms with van der Waals surface area (Å²) in [5.74, 6) is -0.781. The van der Waals surface area contributed by atoms with Crippen molar-refractivity contribution in [3.05, 3.63) is 64.7 Å². The van der Waals surface area contributed by atoms with E-state index in [1.807, 2.05) is 30.3 Å². The molecular weight excluding hydrogens is 427 g/mol. The first-order chi connectivity index (χ1) is 13.7. The van der Waals surface area contributed by atoms with Crippen LogP contribution in [0.25, 0.3) is 0 Å². The molecule has 3 rings (SSSR count). The fourth-order valence-corrected chi connectivity index (χ4v) is 3.84.